The Kier molecular flexibility index (Phi) is 4.98. The van der Waals surface area contributed by atoms with Crippen LogP contribution in [0.5, 0.6) is 0 Å². The van der Waals surface area contributed by atoms with Gasteiger partial charge in [0, 0.05) is 18.2 Å². The highest BCUT2D eigenvalue weighted by Gasteiger charge is 2.23. The second-order valence-corrected chi connectivity index (χ2v) is 6.43. The second-order valence-electron chi connectivity index (χ2n) is 6.02. The minimum Gasteiger partial charge on any atom is -0.396 e. The zero-order chi connectivity index (χ0) is 16.2. The number of rotatable bonds is 4. The molecule has 2 aromatic rings. The second kappa shape index (κ2) is 7.15. The van der Waals surface area contributed by atoms with Crippen molar-refractivity contribution in [3.05, 3.63) is 41.0 Å². The Balaban J connectivity index is 1.64. The third-order valence-corrected chi connectivity index (χ3v) is 4.74. The van der Waals surface area contributed by atoms with E-state index in [-0.39, 0.29) is 18.6 Å². The largest absolute Gasteiger partial charge is 0.396 e. The van der Waals surface area contributed by atoms with Gasteiger partial charge in [-0.25, -0.2) is 0 Å². The number of benzene rings is 1. The first-order valence-electron chi connectivity index (χ1n) is 7.89. The molecule has 1 fully saturated rings. The van der Waals surface area contributed by atoms with Crippen LogP contribution in [0.25, 0.3) is 11.3 Å². The number of amides is 1. The smallest absolute Gasteiger partial charge is 0.269 e. The lowest BCUT2D eigenvalue weighted by atomic mass is 9.86. The lowest BCUT2D eigenvalue weighted by Gasteiger charge is -2.27. The number of halogens is 1. The van der Waals surface area contributed by atoms with Crippen LogP contribution in [0, 0.1) is 5.92 Å². The van der Waals surface area contributed by atoms with Gasteiger partial charge >= 0.3 is 0 Å². The maximum atomic E-state index is 12.3. The summed E-state index contributed by atoms with van der Waals surface area (Å²) in [5.41, 5.74) is 1.89. The van der Waals surface area contributed by atoms with Crippen LogP contribution in [0.1, 0.15) is 36.2 Å². The third kappa shape index (κ3) is 3.74. The van der Waals surface area contributed by atoms with E-state index in [4.69, 9.17) is 16.7 Å². The van der Waals surface area contributed by atoms with Gasteiger partial charge in [-0.1, -0.05) is 29.8 Å². The Morgan fingerprint density at radius 3 is 2.74 bits per heavy atom. The highest BCUT2D eigenvalue weighted by molar-refractivity contribution is 6.33. The van der Waals surface area contributed by atoms with Crippen LogP contribution in [-0.2, 0) is 0 Å². The van der Waals surface area contributed by atoms with Gasteiger partial charge in [-0.2, -0.15) is 5.10 Å². The molecule has 1 amide bonds. The fraction of sp³-hybridized carbons (Fsp3) is 0.412. The minimum absolute atomic E-state index is 0.150. The predicted molar refractivity (Wildman–Crippen MR) is 89.3 cm³/mol. The van der Waals surface area contributed by atoms with Crippen LogP contribution in [0.4, 0.5) is 0 Å². The topological polar surface area (TPSA) is 78.0 Å². The van der Waals surface area contributed by atoms with Crippen molar-refractivity contribution in [2.75, 3.05) is 6.61 Å². The summed E-state index contributed by atoms with van der Waals surface area (Å²) in [6.45, 7) is 0.239. The number of nitrogens with one attached hydrogen (secondary N) is 2. The lowest BCUT2D eigenvalue weighted by molar-refractivity contribution is 0.0909. The molecule has 1 aliphatic carbocycles. The number of carbonyl (C=O) groups excluding carboxylic acids is 1. The molecule has 1 aromatic carbocycles. The molecule has 3 rings (SSSR count). The fourth-order valence-corrected chi connectivity index (χ4v) is 3.23. The summed E-state index contributed by atoms with van der Waals surface area (Å²) < 4.78 is 0. The molecule has 5 nitrogen and oxygen atoms in total. The number of carbonyl (C=O) groups is 1. The summed E-state index contributed by atoms with van der Waals surface area (Å²) in [7, 11) is 0. The van der Waals surface area contributed by atoms with Crippen molar-refractivity contribution in [3.63, 3.8) is 0 Å². The standard InChI is InChI=1S/C17H20ClN3O2/c18-14-4-2-1-3-13(14)15-9-16(21-20-15)17(23)19-12-7-5-11(10-22)6-8-12/h1-4,9,11-12,22H,5-8,10H2,(H,19,23)(H,20,21). The predicted octanol–water partition coefficient (Wildman–Crippen LogP) is 3.01. The first kappa shape index (κ1) is 16.0. The molecule has 1 aliphatic rings. The molecular formula is C17H20ClN3O2. The van der Waals surface area contributed by atoms with Gasteiger partial charge in [-0.3, -0.25) is 9.89 Å². The number of hydrogen-bond acceptors (Lipinski definition) is 3. The average Bonchev–Trinajstić information content (AvgIpc) is 3.06. The van der Waals surface area contributed by atoms with Gasteiger partial charge in [0.25, 0.3) is 5.91 Å². The van der Waals surface area contributed by atoms with E-state index in [0.717, 1.165) is 31.2 Å². The molecule has 0 saturated heterocycles. The van der Waals surface area contributed by atoms with Crippen molar-refractivity contribution in [1.29, 1.82) is 0 Å². The third-order valence-electron chi connectivity index (χ3n) is 4.41. The molecule has 0 bridgehead atoms. The Morgan fingerprint density at radius 2 is 2.04 bits per heavy atom. The molecule has 0 atom stereocenters. The van der Waals surface area contributed by atoms with Crippen LogP contribution in [-0.4, -0.2) is 33.9 Å². The molecule has 23 heavy (non-hydrogen) atoms. The van der Waals surface area contributed by atoms with Crippen molar-refractivity contribution < 1.29 is 9.90 Å². The quantitative estimate of drug-likeness (QED) is 0.804. The van der Waals surface area contributed by atoms with Crippen LogP contribution < -0.4 is 5.32 Å². The van der Waals surface area contributed by atoms with Gasteiger partial charge in [0.2, 0.25) is 0 Å². The number of nitrogens with zero attached hydrogens (tertiary/aromatic N) is 1. The first-order valence-corrected chi connectivity index (χ1v) is 8.27. The SMILES string of the molecule is O=C(NC1CCC(CO)CC1)c1cc(-c2ccccc2Cl)n[nH]1. The minimum atomic E-state index is -0.150. The Labute approximate surface area is 140 Å². The van der Waals surface area contributed by atoms with Crippen LogP contribution in [0.3, 0.4) is 0 Å². The molecule has 0 unspecified atom stereocenters. The highest BCUT2D eigenvalue weighted by atomic mass is 35.5. The first-order chi connectivity index (χ1) is 11.2. The van der Waals surface area contributed by atoms with Crippen LogP contribution >= 0.6 is 11.6 Å². The molecular weight excluding hydrogens is 314 g/mol. The molecule has 3 N–H and O–H groups in total. The van der Waals surface area contributed by atoms with Gasteiger partial charge < -0.3 is 10.4 Å². The highest BCUT2D eigenvalue weighted by Crippen LogP contribution is 2.27. The van der Waals surface area contributed by atoms with Gasteiger partial charge in [0.05, 0.1) is 10.7 Å². The van der Waals surface area contributed by atoms with E-state index in [1.54, 1.807) is 12.1 Å². The van der Waals surface area contributed by atoms with Crippen molar-refractivity contribution in [2.24, 2.45) is 5.92 Å². The van der Waals surface area contributed by atoms with E-state index in [1.807, 2.05) is 18.2 Å². The summed E-state index contributed by atoms with van der Waals surface area (Å²) in [5, 5.41) is 19.8. The summed E-state index contributed by atoms with van der Waals surface area (Å²) >= 11 is 6.16. The number of aliphatic hydroxyl groups is 1. The van der Waals surface area contributed by atoms with E-state index in [1.165, 1.54) is 0 Å². The number of hydrogen-bond donors (Lipinski definition) is 3. The monoisotopic (exact) mass is 333 g/mol. The summed E-state index contributed by atoms with van der Waals surface area (Å²) in [4.78, 5) is 12.3. The van der Waals surface area contributed by atoms with Crippen molar-refractivity contribution in [2.45, 2.75) is 31.7 Å². The Morgan fingerprint density at radius 1 is 1.30 bits per heavy atom. The van der Waals surface area contributed by atoms with Gasteiger partial charge in [0.15, 0.2) is 0 Å². The van der Waals surface area contributed by atoms with Crippen molar-refractivity contribution in [3.8, 4) is 11.3 Å². The summed E-state index contributed by atoms with van der Waals surface area (Å²) in [5.74, 6) is 0.227. The fourth-order valence-electron chi connectivity index (χ4n) is 3.00. The van der Waals surface area contributed by atoms with E-state index >= 15 is 0 Å². The van der Waals surface area contributed by atoms with E-state index in [0.29, 0.717) is 22.3 Å². The van der Waals surface area contributed by atoms with E-state index in [9.17, 15) is 4.79 Å². The number of aromatic nitrogens is 2. The molecule has 1 heterocycles. The van der Waals surface area contributed by atoms with Gasteiger partial charge in [-0.05, 0) is 43.7 Å². The molecule has 1 aromatic heterocycles. The zero-order valence-corrected chi connectivity index (χ0v) is 13.5. The van der Waals surface area contributed by atoms with Crippen LogP contribution in [0.15, 0.2) is 30.3 Å². The number of H-pyrrole nitrogens is 1. The Hall–Kier alpha value is -1.85. The molecule has 0 aliphatic heterocycles. The van der Waals surface area contributed by atoms with Crippen molar-refractivity contribution >= 4 is 17.5 Å². The van der Waals surface area contributed by atoms with Gasteiger partial charge in [-0.15, -0.1) is 0 Å². The van der Waals surface area contributed by atoms with Crippen LogP contribution in [0.2, 0.25) is 5.02 Å². The molecule has 0 spiro atoms. The number of aromatic amines is 1. The summed E-state index contributed by atoms with van der Waals surface area (Å²) in [6.07, 6.45) is 3.72. The molecule has 1 saturated carbocycles. The zero-order valence-electron chi connectivity index (χ0n) is 12.8. The molecule has 122 valence electrons. The Bertz CT molecular complexity index is 678. The normalized spacial score (nSPS) is 21.1. The summed E-state index contributed by atoms with van der Waals surface area (Å²) in [6, 6.07) is 9.29. The van der Waals surface area contributed by atoms with Gasteiger partial charge in [0.1, 0.15) is 5.69 Å². The van der Waals surface area contributed by atoms with E-state index < -0.39 is 0 Å². The molecule has 0 radical (unpaired) electrons. The van der Waals surface area contributed by atoms with E-state index in [2.05, 4.69) is 15.5 Å². The maximum Gasteiger partial charge on any atom is 0.269 e. The molecule has 6 heteroatoms. The van der Waals surface area contributed by atoms with Crippen molar-refractivity contribution in [1.82, 2.24) is 15.5 Å². The average molecular weight is 334 g/mol. The number of aliphatic hydroxyl groups excluding tert-OH is 1. The maximum absolute atomic E-state index is 12.3. The lowest BCUT2D eigenvalue weighted by Crippen LogP contribution is -2.38.